The van der Waals surface area contributed by atoms with Crippen molar-refractivity contribution in [3.63, 3.8) is 0 Å². The van der Waals surface area contributed by atoms with E-state index in [0.717, 1.165) is 40.2 Å². The smallest absolute Gasteiger partial charge is 0.125 e. The van der Waals surface area contributed by atoms with E-state index in [1.165, 1.54) is 11.1 Å². The number of ether oxygens (including phenoxy) is 1. The molecule has 0 bridgehead atoms. The van der Waals surface area contributed by atoms with Crippen LogP contribution in [-0.2, 0) is 12.8 Å². The first-order valence-corrected chi connectivity index (χ1v) is 7.92. The van der Waals surface area contributed by atoms with Crippen molar-refractivity contribution in [2.45, 2.75) is 25.8 Å². The molecule has 0 saturated heterocycles. The zero-order chi connectivity index (χ0) is 13.4. The lowest BCUT2D eigenvalue weighted by Crippen LogP contribution is -2.13. The van der Waals surface area contributed by atoms with E-state index in [1.54, 1.807) is 11.3 Å². The van der Waals surface area contributed by atoms with Gasteiger partial charge in [-0.25, -0.2) is 4.98 Å². The summed E-state index contributed by atoms with van der Waals surface area (Å²) in [5.74, 6) is 1.03. The maximum Gasteiger partial charge on any atom is 0.125 e. The molecule has 3 nitrogen and oxygen atoms in total. The van der Waals surface area contributed by atoms with Crippen LogP contribution in [0.2, 0.25) is 0 Å². The minimum Gasteiger partial charge on any atom is -0.493 e. The number of halogens is 1. The van der Waals surface area contributed by atoms with Crippen LogP contribution in [-0.4, -0.2) is 11.6 Å². The summed E-state index contributed by atoms with van der Waals surface area (Å²) < 4.78 is 6.84. The molecule has 0 saturated carbocycles. The lowest BCUT2D eigenvalue weighted by atomic mass is 10.0. The summed E-state index contributed by atoms with van der Waals surface area (Å²) in [7, 11) is 0. The van der Waals surface area contributed by atoms with E-state index < -0.39 is 0 Å². The average Bonchev–Trinajstić information content (AvgIpc) is 2.97. The van der Waals surface area contributed by atoms with Crippen LogP contribution in [0, 0.1) is 6.92 Å². The van der Waals surface area contributed by atoms with Gasteiger partial charge in [-0.1, -0.05) is 15.9 Å². The fourth-order valence-corrected chi connectivity index (χ4v) is 3.85. The Morgan fingerprint density at radius 2 is 2.37 bits per heavy atom. The molecule has 1 aromatic carbocycles. The van der Waals surface area contributed by atoms with E-state index in [2.05, 4.69) is 33.0 Å². The van der Waals surface area contributed by atoms with E-state index >= 15 is 0 Å². The van der Waals surface area contributed by atoms with E-state index in [-0.39, 0.29) is 6.04 Å². The highest BCUT2D eigenvalue weighted by Crippen LogP contribution is 2.35. The van der Waals surface area contributed by atoms with Crippen LogP contribution in [0.1, 0.15) is 27.7 Å². The van der Waals surface area contributed by atoms with Gasteiger partial charge in [-0.05, 0) is 36.6 Å². The number of thiazole rings is 1. The van der Waals surface area contributed by atoms with Gasteiger partial charge in [-0.2, -0.15) is 0 Å². The summed E-state index contributed by atoms with van der Waals surface area (Å²) in [6.45, 7) is 2.78. The van der Waals surface area contributed by atoms with Crippen LogP contribution in [0.3, 0.4) is 0 Å². The fourth-order valence-electron chi connectivity index (χ4n) is 2.49. The van der Waals surface area contributed by atoms with E-state index in [0.29, 0.717) is 0 Å². The van der Waals surface area contributed by atoms with Crippen LogP contribution < -0.4 is 10.5 Å². The van der Waals surface area contributed by atoms with Gasteiger partial charge in [0.2, 0.25) is 0 Å². The van der Waals surface area contributed by atoms with Gasteiger partial charge in [0.15, 0.2) is 0 Å². The number of benzene rings is 1. The summed E-state index contributed by atoms with van der Waals surface area (Å²) in [6, 6.07) is 4.23. The maximum absolute atomic E-state index is 6.32. The second kappa shape index (κ2) is 5.23. The van der Waals surface area contributed by atoms with Gasteiger partial charge >= 0.3 is 0 Å². The van der Waals surface area contributed by atoms with Crippen LogP contribution in [0.25, 0.3) is 0 Å². The predicted molar refractivity (Wildman–Crippen MR) is 80.8 cm³/mol. The molecule has 0 amide bonds. The van der Waals surface area contributed by atoms with Crippen molar-refractivity contribution in [3.05, 3.63) is 43.8 Å². The van der Waals surface area contributed by atoms with Gasteiger partial charge in [0.1, 0.15) is 5.75 Å². The monoisotopic (exact) mass is 338 g/mol. The highest BCUT2D eigenvalue weighted by Gasteiger charge is 2.20. The van der Waals surface area contributed by atoms with E-state index in [9.17, 15) is 0 Å². The Morgan fingerprint density at radius 3 is 3.11 bits per heavy atom. The number of rotatable bonds is 3. The third-order valence-electron chi connectivity index (χ3n) is 3.38. The Kier molecular flexibility index (Phi) is 3.60. The first-order chi connectivity index (χ1) is 9.15. The summed E-state index contributed by atoms with van der Waals surface area (Å²) >= 11 is 5.19. The normalized spacial score (nSPS) is 15.1. The minimum atomic E-state index is -0.0184. The molecule has 3 rings (SSSR count). The van der Waals surface area contributed by atoms with E-state index in [4.69, 9.17) is 10.5 Å². The molecule has 19 heavy (non-hydrogen) atoms. The Balaban J connectivity index is 1.90. The molecule has 2 N–H and O–H groups in total. The highest BCUT2D eigenvalue weighted by molar-refractivity contribution is 9.10. The molecule has 1 aromatic heterocycles. The van der Waals surface area contributed by atoms with Crippen LogP contribution in [0.15, 0.2) is 22.1 Å². The molecule has 2 aromatic rings. The Hall–Kier alpha value is -0.910. The van der Waals surface area contributed by atoms with Gasteiger partial charge in [-0.3, -0.25) is 0 Å². The van der Waals surface area contributed by atoms with Crippen molar-refractivity contribution >= 4 is 27.3 Å². The summed E-state index contributed by atoms with van der Waals surface area (Å²) in [6.07, 6.45) is 1.77. The molecule has 1 atom stereocenters. The molecular weight excluding hydrogens is 324 g/mol. The standard InChI is InChI=1S/C14H15BrN2OS/c1-8-14(19-7-17-8)12(16)6-10-5-11(15)4-9-2-3-18-13(9)10/h4-5,7,12H,2-3,6,16H2,1H3. The number of aryl methyl sites for hydroxylation is 1. The lowest BCUT2D eigenvalue weighted by Gasteiger charge is -2.14. The SMILES string of the molecule is Cc1ncsc1C(N)Cc1cc(Br)cc2c1OCC2. The minimum absolute atomic E-state index is 0.0184. The molecule has 2 heterocycles. The number of hydrogen-bond donors (Lipinski definition) is 1. The van der Waals surface area contributed by atoms with Crippen molar-refractivity contribution in [1.82, 2.24) is 4.98 Å². The molecule has 100 valence electrons. The zero-order valence-electron chi connectivity index (χ0n) is 10.6. The molecule has 1 aliphatic heterocycles. The summed E-state index contributed by atoms with van der Waals surface area (Å²) in [5.41, 5.74) is 11.7. The second-order valence-electron chi connectivity index (χ2n) is 4.76. The predicted octanol–water partition coefficient (Wildman–Crippen LogP) is 3.39. The fraction of sp³-hybridized carbons (Fsp3) is 0.357. The molecule has 0 aliphatic carbocycles. The van der Waals surface area contributed by atoms with Crippen LogP contribution >= 0.6 is 27.3 Å². The third-order valence-corrected chi connectivity index (χ3v) is 4.91. The summed E-state index contributed by atoms with van der Waals surface area (Å²) in [5, 5.41) is 0. The summed E-state index contributed by atoms with van der Waals surface area (Å²) in [4.78, 5) is 5.43. The van der Waals surface area contributed by atoms with Crippen molar-refractivity contribution in [2.75, 3.05) is 6.61 Å². The first-order valence-electron chi connectivity index (χ1n) is 6.25. The van der Waals surface area contributed by atoms with Crippen molar-refractivity contribution < 1.29 is 4.74 Å². The van der Waals surface area contributed by atoms with E-state index in [1.807, 2.05) is 12.4 Å². The number of nitrogens with zero attached hydrogens (tertiary/aromatic N) is 1. The van der Waals surface area contributed by atoms with Crippen LogP contribution in [0.4, 0.5) is 0 Å². The van der Waals surface area contributed by atoms with Crippen molar-refractivity contribution in [3.8, 4) is 5.75 Å². The molecule has 0 radical (unpaired) electrons. The van der Waals surface area contributed by atoms with Gasteiger partial charge in [0.25, 0.3) is 0 Å². The zero-order valence-corrected chi connectivity index (χ0v) is 13.1. The maximum atomic E-state index is 6.32. The average molecular weight is 339 g/mol. The largest absolute Gasteiger partial charge is 0.493 e. The number of nitrogens with two attached hydrogens (primary N) is 1. The molecule has 1 unspecified atom stereocenters. The van der Waals surface area contributed by atoms with Crippen molar-refractivity contribution in [1.29, 1.82) is 0 Å². The molecule has 5 heteroatoms. The van der Waals surface area contributed by atoms with Gasteiger partial charge < -0.3 is 10.5 Å². The van der Waals surface area contributed by atoms with Crippen molar-refractivity contribution in [2.24, 2.45) is 5.73 Å². The Labute approximate surface area is 124 Å². The molecular formula is C14H15BrN2OS. The second-order valence-corrected chi connectivity index (χ2v) is 6.57. The quantitative estimate of drug-likeness (QED) is 0.932. The molecule has 0 spiro atoms. The molecule has 0 fully saturated rings. The highest BCUT2D eigenvalue weighted by atomic mass is 79.9. The number of aromatic nitrogens is 1. The number of fused-ring (bicyclic) bond motifs is 1. The molecule has 1 aliphatic rings. The third kappa shape index (κ3) is 2.55. The Bertz CT molecular complexity index is 611. The first kappa shape index (κ1) is 13.1. The Morgan fingerprint density at radius 1 is 1.53 bits per heavy atom. The van der Waals surface area contributed by atoms with Crippen LogP contribution in [0.5, 0.6) is 5.75 Å². The lowest BCUT2D eigenvalue weighted by molar-refractivity contribution is 0.352. The number of hydrogen-bond acceptors (Lipinski definition) is 4. The van der Waals surface area contributed by atoms with Gasteiger partial charge in [0, 0.05) is 21.8 Å². The topological polar surface area (TPSA) is 48.1 Å². The van der Waals surface area contributed by atoms with Gasteiger partial charge in [0.05, 0.1) is 17.8 Å². The van der Waals surface area contributed by atoms with Gasteiger partial charge in [-0.15, -0.1) is 11.3 Å².